The fraction of sp³-hybridized carbons (Fsp3) is 0.280. The minimum atomic E-state index is -3.90. The normalized spacial score (nSPS) is 23.2. The molecule has 3 aliphatic rings. The molecule has 0 spiro atoms. The molecule has 3 aromatic rings. The van der Waals surface area contributed by atoms with Crippen molar-refractivity contribution in [1.82, 2.24) is 4.90 Å². The summed E-state index contributed by atoms with van der Waals surface area (Å²) < 4.78 is 52.9. The summed E-state index contributed by atoms with van der Waals surface area (Å²) in [4.78, 5) is 2.19. The molecule has 3 atom stereocenters. The van der Waals surface area contributed by atoms with Crippen molar-refractivity contribution < 1.29 is 27.4 Å². The van der Waals surface area contributed by atoms with Crippen molar-refractivity contribution >= 4 is 15.7 Å². The molecule has 7 nitrogen and oxygen atoms in total. The van der Waals surface area contributed by atoms with Crippen LogP contribution in [0.2, 0.25) is 0 Å². The number of para-hydroxylation sites is 1. The summed E-state index contributed by atoms with van der Waals surface area (Å²) >= 11 is 0. The first-order valence-corrected chi connectivity index (χ1v) is 12.5. The fourth-order valence-electron chi connectivity index (χ4n) is 5.38. The van der Waals surface area contributed by atoms with Crippen LogP contribution >= 0.6 is 0 Å². The van der Waals surface area contributed by atoms with E-state index in [4.69, 9.17) is 9.47 Å². The Balaban J connectivity index is 1.36. The summed E-state index contributed by atoms with van der Waals surface area (Å²) in [6.45, 7) is 0.933. The first kappa shape index (κ1) is 21.4. The third-order valence-corrected chi connectivity index (χ3v) is 8.78. The highest BCUT2D eigenvalue weighted by Crippen LogP contribution is 2.50. The molecule has 6 rings (SSSR count). The van der Waals surface area contributed by atoms with Crippen LogP contribution in [0.3, 0.4) is 0 Å². The number of sulfonamides is 1. The lowest BCUT2D eigenvalue weighted by atomic mass is 9.72. The minimum Gasteiger partial charge on any atom is -0.454 e. The van der Waals surface area contributed by atoms with Crippen LogP contribution in [0.1, 0.15) is 17.0 Å². The van der Waals surface area contributed by atoms with Gasteiger partial charge < -0.3 is 14.6 Å². The van der Waals surface area contributed by atoms with Gasteiger partial charge in [0.05, 0.1) is 23.7 Å². The Hall–Kier alpha value is -3.14. The molecule has 176 valence electrons. The smallest absolute Gasteiger partial charge is 0.264 e. The van der Waals surface area contributed by atoms with Crippen LogP contribution in [-0.2, 0) is 16.6 Å². The first-order chi connectivity index (χ1) is 16.5. The fourth-order valence-corrected chi connectivity index (χ4v) is 6.88. The van der Waals surface area contributed by atoms with Crippen molar-refractivity contribution in [2.45, 2.75) is 29.4 Å². The van der Waals surface area contributed by atoms with Crippen molar-refractivity contribution in [2.24, 2.45) is 0 Å². The van der Waals surface area contributed by atoms with Crippen molar-refractivity contribution in [1.29, 1.82) is 0 Å². The van der Waals surface area contributed by atoms with Crippen LogP contribution in [0.5, 0.6) is 11.5 Å². The zero-order chi connectivity index (χ0) is 23.4. The van der Waals surface area contributed by atoms with E-state index in [0.29, 0.717) is 23.7 Å². The topological polar surface area (TPSA) is 79.3 Å². The average Bonchev–Trinajstić information content (AvgIpc) is 3.30. The molecule has 0 unspecified atom stereocenters. The van der Waals surface area contributed by atoms with Gasteiger partial charge in [0.25, 0.3) is 10.0 Å². The lowest BCUT2D eigenvalue weighted by Crippen LogP contribution is -2.68. The van der Waals surface area contributed by atoms with Gasteiger partial charge in [-0.25, -0.2) is 12.8 Å². The van der Waals surface area contributed by atoms with E-state index < -0.39 is 15.8 Å². The third kappa shape index (κ3) is 3.26. The Morgan fingerprint density at radius 1 is 1.00 bits per heavy atom. The highest BCUT2D eigenvalue weighted by atomic mass is 32.2. The zero-order valence-electron chi connectivity index (χ0n) is 18.2. The maximum Gasteiger partial charge on any atom is 0.264 e. The molecule has 1 N–H and O–H groups in total. The number of halogens is 1. The number of fused-ring (bicyclic) bond motifs is 4. The number of rotatable bonds is 5. The molecule has 0 bridgehead atoms. The number of ether oxygens (including phenoxy) is 2. The molecule has 9 heteroatoms. The van der Waals surface area contributed by atoms with Crippen LogP contribution in [0.4, 0.5) is 10.1 Å². The van der Waals surface area contributed by atoms with E-state index in [1.54, 1.807) is 6.07 Å². The quantitative estimate of drug-likeness (QED) is 0.602. The van der Waals surface area contributed by atoms with Gasteiger partial charge in [-0.2, -0.15) is 0 Å². The van der Waals surface area contributed by atoms with Gasteiger partial charge in [-0.3, -0.25) is 9.21 Å². The summed E-state index contributed by atoms with van der Waals surface area (Å²) in [6.07, 6.45) is 0. The van der Waals surface area contributed by atoms with E-state index >= 15 is 0 Å². The Kier molecular flexibility index (Phi) is 5.02. The summed E-state index contributed by atoms with van der Waals surface area (Å²) in [5, 5.41) is 10.2. The third-order valence-electron chi connectivity index (χ3n) is 6.99. The zero-order valence-corrected chi connectivity index (χ0v) is 19.0. The number of hydrogen-bond donors (Lipinski definition) is 1. The molecule has 0 aliphatic carbocycles. The number of benzene rings is 3. The molecule has 34 heavy (non-hydrogen) atoms. The van der Waals surface area contributed by atoms with Gasteiger partial charge in [-0.1, -0.05) is 24.3 Å². The minimum absolute atomic E-state index is 0.00915. The average molecular weight is 483 g/mol. The molecule has 0 aromatic heterocycles. The number of likely N-dealkylation sites (tertiary alicyclic amines) is 1. The van der Waals surface area contributed by atoms with E-state index in [-0.39, 0.29) is 42.8 Å². The monoisotopic (exact) mass is 482 g/mol. The van der Waals surface area contributed by atoms with Crippen LogP contribution in [0.25, 0.3) is 0 Å². The van der Waals surface area contributed by atoms with E-state index in [1.807, 2.05) is 36.4 Å². The number of hydrogen-bond acceptors (Lipinski definition) is 6. The SMILES string of the molecule is O=S(=O)(c1ccc(F)cc1)N1C[C@H]2[C@@H](c3ccccc31)[C@@H](CO)N2Cc1ccc2c(c1)OCO2. The first-order valence-electron chi connectivity index (χ1n) is 11.1. The second-order valence-electron chi connectivity index (χ2n) is 8.75. The standard InChI is InChI=1S/C25H23FN2O5S/c26-17-6-8-18(9-7-17)34(30,31)28-13-21-25(19-3-1-2-4-20(19)28)22(14-29)27(21)12-16-5-10-23-24(11-16)33-15-32-23/h1-11,21-22,25,29H,12-15H2/t21-,22+,25+/m0/s1. The molecule has 0 saturated carbocycles. The number of nitrogens with zero attached hydrogens (tertiary/aromatic N) is 2. The number of aliphatic hydroxyl groups is 1. The molecule has 3 heterocycles. The maximum absolute atomic E-state index is 13.6. The molecule has 3 aliphatic heterocycles. The van der Waals surface area contributed by atoms with E-state index in [9.17, 15) is 17.9 Å². The van der Waals surface area contributed by atoms with Gasteiger partial charge in [-0.15, -0.1) is 0 Å². The van der Waals surface area contributed by atoms with E-state index in [0.717, 1.165) is 23.3 Å². The second kappa shape index (κ2) is 7.97. The molecule has 1 fully saturated rings. The van der Waals surface area contributed by atoms with Crippen LogP contribution < -0.4 is 13.8 Å². The predicted octanol–water partition coefficient (Wildman–Crippen LogP) is 3.09. The van der Waals surface area contributed by atoms with Crippen molar-refractivity contribution in [3.8, 4) is 11.5 Å². The van der Waals surface area contributed by atoms with E-state index in [1.165, 1.54) is 16.4 Å². The van der Waals surface area contributed by atoms with Crippen molar-refractivity contribution in [3.05, 3.63) is 83.7 Å². The Morgan fingerprint density at radius 2 is 1.76 bits per heavy atom. The maximum atomic E-state index is 13.6. The molecule has 3 aromatic carbocycles. The molecular formula is C25H23FN2O5S. The Bertz CT molecular complexity index is 1350. The van der Waals surface area contributed by atoms with E-state index in [2.05, 4.69) is 4.90 Å². The summed E-state index contributed by atoms with van der Waals surface area (Å²) in [5.41, 5.74) is 2.49. The second-order valence-corrected chi connectivity index (χ2v) is 10.6. The lowest BCUT2D eigenvalue weighted by molar-refractivity contribution is -0.0477. The van der Waals surface area contributed by atoms with Crippen molar-refractivity contribution in [3.63, 3.8) is 0 Å². The van der Waals surface area contributed by atoms with Gasteiger partial charge in [0.15, 0.2) is 11.5 Å². The molecule has 1 saturated heterocycles. The number of anilines is 1. The molecular weight excluding hydrogens is 459 g/mol. The van der Waals surface area contributed by atoms with Gasteiger partial charge in [0, 0.05) is 24.5 Å². The molecule has 0 radical (unpaired) electrons. The van der Waals surface area contributed by atoms with Crippen molar-refractivity contribution in [2.75, 3.05) is 24.2 Å². The Morgan fingerprint density at radius 3 is 2.56 bits per heavy atom. The van der Waals surface area contributed by atoms with Gasteiger partial charge >= 0.3 is 0 Å². The largest absolute Gasteiger partial charge is 0.454 e. The van der Waals surface area contributed by atoms with Crippen LogP contribution in [0, 0.1) is 5.82 Å². The van der Waals surface area contributed by atoms with Crippen LogP contribution in [0.15, 0.2) is 71.6 Å². The van der Waals surface area contributed by atoms with Gasteiger partial charge in [0.1, 0.15) is 5.82 Å². The summed E-state index contributed by atoms with van der Waals surface area (Å²) in [6, 6.07) is 17.8. The van der Waals surface area contributed by atoms with Gasteiger partial charge in [-0.05, 0) is 53.6 Å². The predicted molar refractivity (Wildman–Crippen MR) is 123 cm³/mol. The summed E-state index contributed by atoms with van der Waals surface area (Å²) in [5.74, 6) is 0.907. The molecule has 0 amide bonds. The number of aliphatic hydroxyl groups excluding tert-OH is 1. The Labute approximate surface area is 197 Å². The summed E-state index contributed by atoms with van der Waals surface area (Å²) in [7, 11) is -3.90. The van der Waals surface area contributed by atoms with Gasteiger partial charge in [0.2, 0.25) is 6.79 Å². The highest BCUT2D eigenvalue weighted by Gasteiger charge is 2.54. The highest BCUT2D eigenvalue weighted by molar-refractivity contribution is 7.92. The lowest BCUT2D eigenvalue weighted by Gasteiger charge is -2.59. The van der Waals surface area contributed by atoms with Crippen LogP contribution in [-0.4, -0.2) is 50.5 Å².